The summed E-state index contributed by atoms with van der Waals surface area (Å²) in [4.78, 5) is 25.6. The van der Waals surface area contributed by atoms with Crippen LogP contribution in [0.1, 0.15) is 44.6 Å². The van der Waals surface area contributed by atoms with Crippen molar-refractivity contribution in [2.45, 2.75) is 39.0 Å². The van der Waals surface area contributed by atoms with Crippen LogP contribution in [0.2, 0.25) is 5.02 Å². The van der Waals surface area contributed by atoms with Gasteiger partial charge in [0.2, 0.25) is 0 Å². The molecule has 1 aromatic rings. The van der Waals surface area contributed by atoms with Gasteiger partial charge < -0.3 is 19.5 Å². The third kappa shape index (κ3) is 3.49. The van der Waals surface area contributed by atoms with Crippen LogP contribution in [0.15, 0.2) is 34.7 Å². The minimum atomic E-state index is -0.569. The molecule has 0 fully saturated rings. The first-order valence-electron chi connectivity index (χ1n) is 9.25. The molecule has 1 aliphatic heterocycles. The average Bonchev–Trinajstić information content (AvgIpc) is 2.66. The van der Waals surface area contributed by atoms with Crippen LogP contribution in [0.4, 0.5) is 0 Å². The highest BCUT2D eigenvalue weighted by atomic mass is 35.5. The Morgan fingerprint density at radius 2 is 2.00 bits per heavy atom. The van der Waals surface area contributed by atoms with Crippen LogP contribution in [-0.4, -0.2) is 32.6 Å². The van der Waals surface area contributed by atoms with Crippen molar-refractivity contribution in [1.82, 2.24) is 5.32 Å². The number of hydrogen-bond donors (Lipinski definition) is 1. The molecule has 0 saturated heterocycles. The van der Waals surface area contributed by atoms with Crippen LogP contribution in [0.25, 0.3) is 0 Å². The number of nitrogens with one attached hydrogen (secondary N) is 1. The third-order valence-electron chi connectivity index (χ3n) is 5.06. The summed E-state index contributed by atoms with van der Waals surface area (Å²) in [5.74, 6) is -0.146. The Hall–Kier alpha value is -2.47. The molecule has 6 nitrogen and oxygen atoms in total. The highest BCUT2D eigenvalue weighted by molar-refractivity contribution is 6.32. The first-order valence-corrected chi connectivity index (χ1v) is 9.63. The average molecular weight is 406 g/mol. The Balaban J connectivity index is 2.23. The Morgan fingerprint density at radius 1 is 1.25 bits per heavy atom. The van der Waals surface area contributed by atoms with Crippen molar-refractivity contribution in [2.24, 2.45) is 0 Å². The lowest BCUT2D eigenvalue weighted by atomic mass is 9.75. The molecule has 1 aliphatic carbocycles. The summed E-state index contributed by atoms with van der Waals surface area (Å²) in [6, 6.07) is 3.48. The van der Waals surface area contributed by atoms with Gasteiger partial charge >= 0.3 is 5.97 Å². The Labute approximate surface area is 169 Å². The Morgan fingerprint density at radius 3 is 2.64 bits per heavy atom. The molecule has 2 aliphatic rings. The van der Waals surface area contributed by atoms with Gasteiger partial charge in [0.25, 0.3) is 0 Å². The molecule has 1 N–H and O–H groups in total. The number of carbonyl (C=O) groups is 2. The van der Waals surface area contributed by atoms with Crippen LogP contribution in [-0.2, 0) is 14.3 Å². The van der Waals surface area contributed by atoms with Gasteiger partial charge in [-0.1, -0.05) is 11.6 Å². The van der Waals surface area contributed by atoms with Crippen molar-refractivity contribution in [3.8, 4) is 11.5 Å². The lowest BCUT2D eigenvalue weighted by Gasteiger charge is -2.34. The fourth-order valence-electron chi connectivity index (χ4n) is 3.90. The highest BCUT2D eigenvalue weighted by Crippen LogP contribution is 2.46. The summed E-state index contributed by atoms with van der Waals surface area (Å²) in [5.41, 5.74) is 3.25. The number of dihydropyridines is 1. The monoisotopic (exact) mass is 405 g/mol. The molecule has 3 rings (SSSR count). The van der Waals surface area contributed by atoms with Gasteiger partial charge in [0.05, 0.1) is 31.4 Å². The van der Waals surface area contributed by atoms with Gasteiger partial charge in [0, 0.05) is 29.3 Å². The number of ether oxygens (including phenoxy) is 3. The van der Waals surface area contributed by atoms with Gasteiger partial charge in [-0.2, -0.15) is 0 Å². The quantitative estimate of drug-likeness (QED) is 0.749. The second-order valence-electron chi connectivity index (χ2n) is 6.72. The van der Waals surface area contributed by atoms with Crippen LogP contribution < -0.4 is 14.8 Å². The number of hydrogen-bond acceptors (Lipinski definition) is 6. The number of Topliss-reactive ketones (excluding diaryl/α,β-unsaturated/α-hetero) is 1. The highest BCUT2D eigenvalue weighted by Gasteiger charge is 2.39. The van der Waals surface area contributed by atoms with E-state index < -0.39 is 11.9 Å². The van der Waals surface area contributed by atoms with Crippen LogP contribution in [0.3, 0.4) is 0 Å². The summed E-state index contributed by atoms with van der Waals surface area (Å²) < 4.78 is 16.0. The molecule has 0 saturated carbocycles. The number of esters is 1. The number of halogens is 1. The van der Waals surface area contributed by atoms with E-state index in [1.54, 1.807) is 19.1 Å². The maximum Gasteiger partial charge on any atom is 0.336 e. The van der Waals surface area contributed by atoms with Crippen molar-refractivity contribution in [1.29, 1.82) is 0 Å². The van der Waals surface area contributed by atoms with Gasteiger partial charge in [-0.25, -0.2) is 4.79 Å². The molecule has 28 heavy (non-hydrogen) atoms. The van der Waals surface area contributed by atoms with Gasteiger partial charge in [-0.05, 0) is 44.4 Å². The molecule has 0 spiro atoms. The number of benzene rings is 1. The van der Waals surface area contributed by atoms with E-state index in [2.05, 4.69) is 5.32 Å². The smallest absolute Gasteiger partial charge is 0.336 e. The second kappa shape index (κ2) is 8.27. The standard InChI is InChI=1S/C21H24ClNO5/c1-5-28-21(25)17-11(2)23-14-7-6-8-15(24)19(14)18(17)12-9-13(22)20(27-4)16(10-12)26-3/h9-10,18,23H,5-8H2,1-4H3/t18-/m1/s1. The minimum absolute atomic E-state index is 0.0268. The predicted octanol–water partition coefficient (Wildman–Crippen LogP) is 3.89. The molecule has 150 valence electrons. The maximum atomic E-state index is 12.8. The van der Waals surface area contributed by atoms with Gasteiger partial charge in [-0.15, -0.1) is 0 Å². The molecular formula is C21H24ClNO5. The third-order valence-corrected chi connectivity index (χ3v) is 5.34. The molecule has 1 atom stereocenters. The summed E-state index contributed by atoms with van der Waals surface area (Å²) >= 11 is 6.42. The van der Waals surface area contributed by atoms with Crippen molar-refractivity contribution in [2.75, 3.05) is 20.8 Å². The van der Waals surface area contributed by atoms with Gasteiger partial charge in [-0.3, -0.25) is 4.79 Å². The lowest BCUT2D eigenvalue weighted by molar-refractivity contribution is -0.138. The van der Waals surface area contributed by atoms with Crippen molar-refractivity contribution >= 4 is 23.4 Å². The Kier molecular flexibility index (Phi) is 5.98. The number of methoxy groups -OCH3 is 2. The minimum Gasteiger partial charge on any atom is -0.493 e. The van der Waals surface area contributed by atoms with E-state index in [9.17, 15) is 9.59 Å². The molecule has 1 heterocycles. The zero-order valence-electron chi connectivity index (χ0n) is 16.5. The van der Waals surface area contributed by atoms with Gasteiger partial charge in [0.1, 0.15) is 0 Å². The molecule has 0 unspecified atom stereocenters. The SMILES string of the molecule is CCOC(=O)C1=C(C)NC2=C(C(=O)CCC2)[C@@H]1c1cc(Cl)c(OC)c(OC)c1. The number of rotatable bonds is 5. The molecule has 0 radical (unpaired) electrons. The van der Waals surface area contributed by atoms with E-state index in [1.165, 1.54) is 14.2 Å². The van der Waals surface area contributed by atoms with E-state index in [1.807, 2.05) is 6.92 Å². The number of allylic oxidation sites excluding steroid dienone is 3. The first kappa shape index (κ1) is 20.3. The van der Waals surface area contributed by atoms with Crippen LogP contribution >= 0.6 is 11.6 Å². The number of ketones is 1. The van der Waals surface area contributed by atoms with E-state index in [4.69, 9.17) is 25.8 Å². The van der Waals surface area contributed by atoms with E-state index in [-0.39, 0.29) is 12.4 Å². The zero-order chi connectivity index (χ0) is 20.4. The van der Waals surface area contributed by atoms with E-state index in [0.717, 1.165) is 18.5 Å². The first-order chi connectivity index (χ1) is 13.4. The fraction of sp³-hybridized carbons (Fsp3) is 0.429. The number of carbonyl (C=O) groups excluding carboxylic acids is 2. The normalized spacial score (nSPS) is 19.2. The molecule has 0 bridgehead atoms. The molecule has 1 aromatic carbocycles. The largest absolute Gasteiger partial charge is 0.493 e. The Bertz CT molecular complexity index is 887. The second-order valence-corrected chi connectivity index (χ2v) is 7.13. The summed E-state index contributed by atoms with van der Waals surface area (Å²) in [7, 11) is 3.03. The van der Waals surface area contributed by atoms with Crippen molar-refractivity contribution < 1.29 is 23.8 Å². The van der Waals surface area contributed by atoms with E-state index >= 15 is 0 Å². The van der Waals surface area contributed by atoms with Crippen molar-refractivity contribution in [3.63, 3.8) is 0 Å². The predicted molar refractivity (Wildman–Crippen MR) is 106 cm³/mol. The van der Waals surface area contributed by atoms with Crippen LogP contribution in [0.5, 0.6) is 11.5 Å². The summed E-state index contributed by atoms with van der Waals surface area (Å²) in [5, 5.41) is 3.60. The van der Waals surface area contributed by atoms with Crippen LogP contribution in [0, 0.1) is 0 Å². The van der Waals surface area contributed by atoms with E-state index in [0.29, 0.717) is 45.3 Å². The molecular weight excluding hydrogens is 382 g/mol. The topological polar surface area (TPSA) is 73.9 Å². The van der Waals surface area contributed by atoms with Gasteiger partial charge in [0.15, 0.2) is 17.3 Å². The maximum absolute atomic E-state index is 12.8. The molecule has 0 aromatic heterocycles. The van der Waals surface area contributed by atoms with Crippen molar-refractivity contribution in [3.05, 3.63) is 45.3 Å². The molecule has 0 amide bonds. The molecule has 7 heteroatoms. The summed E-state index contributed by atoms with van der Waals surface area (Å²) in [6.07, 6.45) is 1.99. The zero-order valence-corrected chi connectivity index (χ0v) is 17.2. The lowest BCUT2D eigenvalue weighted by Crippen LogP contribution is -2.34. The summed E-state index contributed by atoms with van der Waals surface area (Å²) in [6.45, 7) is 3.82. The fourth-order valence-corrected chi connectivity index (χ4v) is 4.20.